The molecule has 0 aliphatic rings. The van der Waals surface area contributed by atoms with E-state index in [0.29, 0.717) is 12.0 Å². The number of guanidine groups is 1. The van der Waals surface area contributed by atoms with Crippen LogP contribution in [0.15, 0.2) is 78.9 Å². The number of amides is 2. The molecule has 4 N–H and O–H groups in total. The minimum Gasteiger partial charge on any atom is -0.494 e. The van der Waals surface area contributed by atoms with Crippen molar-refractivity contribution in [3.63, 3.8) is 0 Å². The Morgan fingerprint density at radius 1 is 0.875 bits per heavy atom. The number of benzene rings is 3. The fraction of sp³-hybridized carbons (Fsp3) is 0.267. The van der Waals surface area contributed by atoms with Crippen molar-refractivity contribution in [2.45, 2.75) is 31.8 Å². The maximum atomic E-state index is 13.7. The number of hydrogen-bond acceptors (Lipinski definition) is 6. The standard InChI is InChI=1S/C30H33FN4O5/c1-39-26-17-22(13-14-24(26)31)19-33-28(37)25(16-21-11-7-4-8-12-21)34-30(32)35-27(36)18-23(29(38)40-2)15-20-9-5-3-6-10-20/h3-14,17,23,25H,15-16,18-19H2,1-2H3,(H,33,37)(H3,32,34,35,36)/t23?,25-/m1/s1. The average molecular weight is 549 g/mol. The second-order valence-corrected chi connectivity index (χ2v) is 9.11. The van der Waals surface area contributed by atoms with Gasteiger partial charge in [-0.05, 0) is 35.2 Å². The molecule has 3 aromatic carbocycles. The average Bonchev–Trinajstić information content (AvgIpc) is 2.96. The van der Waals surface area contributed by atoms with Crippen molar-refractivity contribution in [1.29, 1.82) is 5.41 Å². The number of esters is 1. The lowest BCUT2D eigenvalue weighted by Gasteiger charge is -2.21. The predicted octanol–water partition coefficient (Wildman–Crippen LogP) is 3.12. The van der Waals surface area contributed by atoms with Crippen molar-refractivity contribution in [1.82, 2.24) is 16.0 Å². The van der Waals surface area contributed by atoms with Crippen LogP contribution in [-0.4, -0.2) is 44.0 Å². The Balaban J connectivity index is 1.64. The molecule has 0 saturated heterocycles. The van der Waals surface area contributed by atoms with Crippen molar-refractivity contribution in [3.8, 4) is 5.75 Å². The van der Waals surface area contributed by atoms with Crippen LogP contribution < -0.4 is 20.7 Å². The first kappa shape index (κ1) is 29.8. The topological polar surface area (TPSA) is 130 Å². The zero-order chi connectivity index (χ0) is 28.9. The third-order valence-corrected chi connectivity index (χ3v) is 6.16. The van der Waals surface area contributed by atoms with Crippen molar-refractivity contribution in [3.05, 3.63) is 101 Å². The van der Waals surface area contributed by atoms with Crippen LogP contribution in [-0.2, 0) is 38.5 Å². The monoisotopic (exact) mass is 548 g/mol. The highest BCUT2D eigenvalue weighted by atomic mass is 19.1. The van der Waals surface area contributed by atoms with Crippen LogP contribution >= 0.6 is 0 Å². The van der Waals surface area contributed by atoms with E-state index in [2.05, 4.69) is 16.0 Å². The van der Waals surface area contributed by atoms with Crippen molar-refractivity contribution in [2.75, 3.05) is 14.2 Å². The molecule has 210 valence electrons. The zero-order valence-corrected chi connectivity index (χ0v) is 22.4. The van der Waals surface area contributed by atoms with E-state index in [1.165, 1.54) is 32.4 Å². The largest absolute Gasteiger partial charge is 0.494 e. The number of methoxy groups -OCH3 is 2. The second-order valence-electron chi connectivity index (χ2n) is 9.11. The number of carbonyl (C=O) groups excluding carboxylic acids is 3. The number of ether oxygens (including phenoxy) is 2. The van der Waals surface area contributed by atoms with Gasteiger partial charge >= 0.3 is 5.97 Å². The molecule has 0 aliphatic carbocycles. The first-order valence-electron chi connectivity index (χ1n) is 12.7. The Hall–Kier alpha value is -4.73. The SMILES string of the molecule is COC(=O)C(CC(=O)NC(=N)N[C@H](Cc1ccccc1)C(=O)NCc1ccc(F)c(OC)c1)Cc1ccccc1. The lowest BCUT2D eigenvalue weighted by Crippen LogP contribution is -2.52. The Morgan fingerprint density at radius 2 is 1.50 bits per heavy atom. The first-order valence-corrected chi connectivity index (χ1v) is 12.7. The van der Waals surface area contributed by atoms with Crippen molar-refractivity contribution in [2.24, 2.45) is 5.92 Å². The number of halogens is 1. The first-order chi connectivity index (χ1) is 19.3. The molecule has 1 unspecified atom stereocenters. The molecule has 10 heteroatoms. The molecule has 0 saturated carbocycles. The van der Waals surface area contributed by atoms with Gasteiger partial charge in [0.2, 0.25) is 11.8 Å². The van der Waals surface area contributed by atoms with E-state index in [-0.39, 0.29) is 31.1 Å². The molecule has 0 bridgehead atoms. The normalized spacial score (nSPS) is 12.0. The van der Waals surface area contributed by atoms with Crippen LogP contribution in [0.1, 0.15) is 23.1 Å². The van der Waals surface area contributed by atoms with Gasteiger partial charge in [0, 0.05) is 19.4 Å². The maximum absolute atomic E-state index is 13.7. The number of carbonyl (C=O) groups is 3. The zero-order valence-electron chi connectivity index (χ0n) is 22.4. The molecule has 0 fully saturated rings. The van der Waals surface area contributed by atoms with Crippen LogP contribution in [0.3, 0.4) is 0 Å². The smallest absolute Gasteiger partial charge is 0.309 e. The molecule has 0 spiro atoms. The highest BCUT2D eigenvalue weighted by Crippen LogP contribution is 2.18. The minimum absolute atomic E-state index is 0.0627. The summed E-state index contributed by atoms with van der Waals surface area (Å²) >= 11 is 0. The predicted molar refractivity (Wildman–Crippen MR) is 148 cm³/mol. The quantitative estimate of drug-likeness (QED) is 0.156. The van der Waals surface area contributed by atoms with E-state index in [1.54, 1.807) is 0 Å². The Bertz CT molecular complexity index is 1300. The van der Waals surface area contributed by atoms with Gasteiger partial charge in [0.1, 0.15) is 6.04 Å². The van der Waals surface area contributed by atoms with E-state index in [9.17, 15) is 18.8 Å². The summed E-state index contributed by atoms with van der Waals surface area (Å²) in [5.41, 5.74) is 2.34. The van der Waals surface area contributed by atoms with Gasteiger partial charge in [-0.25, -0.2) is 4.39 Å². The lowest BCUT2D eigenvalue weighted by molar-refractivity contribution is -0.147. The summed E-state index contributed by atoms with van der Waals surface area (Å²) in [6, 6.07) is 21.8. The van der Waals surface area contributed by atoms with Gasteiger partial charge in [-0.1, -0.05) is 66.7 Å². The number of rotatable bonds is 12. The molecular formula is C30H33FN4O5. The molecular weight excluding hydrogens is 515 g/mol. The summed E-state index contributed by atoms with van der Waals surface area (Å²) in [7, 11) is 2.62. The van der Waals surface area contributed by atoms with E-state index < -0.39 is 35.6 Å². The molecule has 0 radical (unpaired) electrons. The van der Waals surface area contributed by atoms with Crippen LogP contribution in [0.2, 0.25) is 0 Å². The maximum Gasteiger partial charge on any atom is 0.309 e. The number of nitrogens with one attached hydrogen (secondary N) is 4. The Morgan fingerprint density at radius 3 is 2.10 bits per heavy atom. The van der Waals surface area contributed by atoms with Gasteiger partial charge < -0.3 is 20.1 Å². The summed E-state index contributed by atoms with van der Waals surface area (Å²) in [6.45, 7) is 0.0996. The fourth-order valence-electron chi connectivity index (χ4n) is 4.11. The molecule has 0 aromatic heterocycles. The summed E-state index contributed by atoms with van der Waals surface area (Å²) in [6.07, 6.45) is 0.332. The third-order valence-electron chi connectivity index (χ3n) is 6.16. The fourth-order valence-corrected chi connectivity index (χ4v) is 4.11. The summed E-state index contributed by atoms with van der Waals surface area (Å²) in [5.74, 6) is -3.10. The Labute approximate surface area is 232 Å². The molecule has 40 heavy (non-hydrogen) atoms. The number of hydrogen-bond donors (Lipinski definition) is 4. The van der Waals surface area contributed by atoms with Gasteiger partial charge in [-0.3, -0.25) is 25.1 Å². The highest BCUT2D eigenvalue weighted by Gasteiger charge is 2.25. The molecule has 0 heterocycles. The van der Waals surface area contributed by atoms with Crippen LogP contribution in [0.25, 0.3) is 0 Å². The summed E-state index contributed by atoms with van der Waals surface area (Å²) in [4.78, 5) is 38.2. The van der Waals surface area contributed by atoms with Crippen molar-refractivity contribution >= 4 is 23.7 Å². The molecule has 3 rings (SSSR count). The van der Waals surface area contributed by atoms with E-state index >= 15 is 0 Å². The van der Waals surface area contributed by atoms with Gasteiger partial charge in [0.15, 0.2) is 17.5 Å². The molecule has 3 aromatic rings. The molecule has 2 atom stereocenters. The lowest BCUT2D eigenvalue weighted by atomic mass is 9.96. The van der Waals surface area contributed by atoms with Gasteiger partial charge in [0.25, 0.3) is 0 Å². The van der Waals surface area contributed by atoms with Crippen LogP contribution in [0, 0.1) is 17.1 Å². The second kappa shape index (κ2) is 15.0. The van der Waals surface area contributed by atoms with Gasteiger partial charge in [-0.2, -0.15) is 0 Å². The van der Waals surface area contributed by atoms with E-state index in [1.807, 2.05) is 60.7 Å². The molecule has 0 aliphatic heterocycles. The van der Waals surface area contributed by atoms with E-state index in [0.717, 1.165) is 11.1 Å². The van der Waals surface area contributed by atoms with Gasteiger partial charge in [0.05, 0.1) is 20.1 Å². The molecule has 9 nitrogen and oxygen atoms in total. The Kier molecular flexibility index (Phi) is 11.2. The minimum atomic E-state index is -0.904. The van der Waals surface area contributed by atoms with Crippen LogP contribution in [0.5, 0.6) is 5.75 Å². The third kappa shape index (κ3) is 9.23. The highest BCUT2D eigenvalue weighted by molar-refractivity contribution is 5.98. The van der Waals surface area contributed by atoms with Crippen LogP contribution in [0.4, 0.5) is 4.39 Å². The summed E-state index contributed by atoms with van der Waals surface area (Å²) in [5, 5.41) is 16.3. The molecule has 2 amide bonds. The summed E-state index contributed by atoms with van der Waals surface area (Å²) < 4.78 is 23.6. The van der Waals surface area contributed by atoms with E-state index in [4.69, 9.17) is 14.9 Å². The van der Waals surface area contributed by atoms with Gasteiger partial charge in [-0.15, -0.1) is 0 Å². The van der Waals surface area contributed by atoms with Crippen molar-refractivity contribution < 1.29 is 28.2 Å².